The van der Waals surface area contributed by atoms with E-state index in [-0.39, 0.29) is 5.91 Å². The van der Waals surface area contributed by atoms with Crippen molar-refractivity contribution in [3.05, 3.63) is 16.7 Å². The number of imidazole rings is 1. The molecule has 0 spiro atoms. The van der Waals surface area contributed by atoms with Crippen molar-refractivity contribution in [1.82, 2.24) is 19.4 Å². The molecule has 7 heteroatoms. The van der Waals surface area contributed by atoms with E-state index in [1.807, 2.05) is 13.0 Å². The van der Waals surface area contributed by atoms with Gasteiger partial charge in [0.25, 0.3) is 0 Å². The first kappa shape index (κ1) is 13.8. The number of pyridine rings is 1. The van der Waals surface area contributed by atoms with Crippen LogP contribution < -0.4 is 5.73 Å². The van der Waals surface area contributed by atoms with E-state index in [1.165, 1.54) is 0 Å². The quantitative estimate of drug-likeness (QED) is 0.933. The van der Waals surface area contributed by atoms with E-state index in [0.29, 0.717) is 23.7 Å². The Morgan fingerprint density at radius 2 is 2.32 bits per heavy atom. The number of nitrogens with two attached hydrogens (primary N) is 1. The van der Waals surface area contributed by atoms with Gasteiger partial charge in [-0.1, -0.05) is 0 Å². The van der Waals surface area contributed by atoms with Gasteiger partial charge in [0.1, 0.15) is 11.6 Å². The van der Waals surface area contributed by atoms with Gasteiger partial charge in [0.2, 0.25) is 11.9 Å². The Morgan fingerprint density at radius 3 is 2.95 bits per heavy atom. The van der Waals surface area contributed by atoms with Gasteiger partial charge >= 0.3 is 0 Å². The summed E-state index contributed by atoms with van der Waals surface area (Å²) in [6.07, 6.45) is 1.67. The van der Waals surface area contributed by atoms with E-state index in [0.717, 1.165) is 4.47 Å². The number of rotatable bonds is 3. The maximum Gasteiger partial charge on any atom is 0.245 e. The molecule has 2 N–H and O–H groups in total. The standard InChI is InChI=1S/C12H16BrN5O/c1-4-17(3)11(19)7(2)18-10-9(16-12(18)14)5-8(13)6-15-10/h5-7H,4H2,1-3H3,(H2,14,16). The van der Waals surface area contributed by atoms with Crippen molar-refractivity contribution in [3.63, 3.8) is 0 Å². The highest BCUT2D eigenvalue weighted by molar-refractivity contribution is 9.10. The van der Waals surface area contributed by atoms with Crippen LogP contribution >= 0.6 is 15.9 Å². The van der Waals surface area contributed by atoms with Crippen LogP contribution in [0.3, 0.4) is 0 Å². The maximum atomic E-state index is 12.2. The van der Waals surface area contributed by atoms with Crippen LogP contribution in [0.4, 0.5) is 5.95 Å². The number of hydrogen-bond acceptors (Lipinski definition) is 4. The molecule has 19 heavy (non-hydrogen) atoms. The van der Waals surface area contributed by atoms with Crippen molar-refractivity contribution < 1.29 is 4.79 Å². The number of carbonyl (C=O) groups is 1. The van der Waals surface area contributed by atoms with Crippen LogP contribution in [0, 0.1) is 0 Å². The maximum absolute atomic E-state index is 12.2. The molecule has 1 amide bonds. The van der Waals surface area contributed by atoms with Crippen molar-refractivity contribution >= 4 is 38.9 Å². The van der Waals surface area contributed by atoms with Gasteiger partial charge in [-0.25, -0.2) is 9.97 Å². The average molecular weight is 326 g/mol. The van der Waals surface area contributed by atoms with Gasteiger partial charge in [0.15, 0.2) is 5.65 Å². The van der Waals surface area contributed by atoms with Gasteiger partial charge in [-0.3, -0.25) is 9.36 Å². The van der Waals surface area contributed by atoms with E-state index in [4.69, 9.17) is 5.73 Å². The van der Waals surface area contributed by atoms with Gasteiger partial charge < -0.3 is 10.6 Å². The number of amides is 1. The number of nitrogens with zero attached hydrogens (tertiary/aromatic N) is 4. The highest BCUT2D eigenvalue weighted by atomic mass is 79.9. The second-order valence-electron chi connectivity index (χ2n) is 4.36. The molecule has 2 aromatic rings. The molecule has 2 rings (SSSR count). The molecule has 1 unspecified atom stereocenters. The first-order chi connectivity index (χ1) is 8.95. The summed E-state index contributed by atoms with van der Waals surface area (Å²) in [6, 6.07) is 1.40. The van der Waals surface area contributed by atoms with Crippen LogP contribution in [-0.2, 0) is 4.79 Å². The molecule has 0 aromatic carbocycles. The summed E-state index contributed by atoms with van der Waals surface area (Å²) in [5.41, 5.74) is 7.20. The monoisotopic (exact) mass is 325 g/mol. The Bertz CT molecular complexity index is 624. The minimum atomic E-state index is -0.427. The fourth-order valence-corrected chi connectivity index (χ4v) is 2.26. The van der Waals surface area contributed by atoms with Gasteiger partial charge in [0.05, 0.1) is 0 Å². The fraction of sp³-hybridized carbons (Fsp3) is 0.417. The van der Waals surface area contributed by atoms with E-state index >= 15 is 0 Å². The Kier molecular flexibility index (Phi) is 3.75. The van der Waals surface area contributed by atoms with E-state index in [1.54, 1.807) is 29.6 Å². The molecule has 0 radical (unpaired) electrons. The molecule has 2 heterocycles. The Hall–Kier alpha value is -1.63. The van der Waals surface area contributed by atoms with Gasteiger partial charge in [-0.15, -0.1) is 0 Å². The van der Waals surface area contributed by atoms with Crippen LogP contribution in [0.5, 0.6) is 0 Å². The molecular weight excluding hydrogens is 310 g/mol. The van der Waals surface area contributed by atoms with Crippen LogP contribution in [0.2, 0.25) is 0 Å². The normalized spacial score (nSPS) is 12.6. The lowest BCUT2D eigenvalue weighted by molar-refractivity contribution is -0.132. The third kappa shape index (κ3) is 2.42. The number of nitrogen functional groups attached to an aromatic ring is 1. The summed E-state index contributed by atoms with van der Waals surface area (Å²) in [7, 11) is 1.76. The van der Waals surface area contributed by atoms with Crippen LogP contribution in [0.25, 0.3) is 11.2 Å². The van der Waals surface area contributed by atoms with Gasteiger partial charge in [-0.05, 0) is 35.8 Å². The van der Waals surface area contributed by atoms with Crippen molar-refractivity contribution in [3.8, 4) is 0 Å². The van der Waals surface area contributed by atoms with Crippen LogP contribution in [-0.4, -0.2) is 38.9 Å². The topological polar surface area (TPSA) is 77.0 Å². The molecule has 0 fully saturated rings. The van der Waals surface area contributed by atoms with Gasteiger partial charge in [-0.2, -0.15) is 0 Å². The van der Waals surface area contributed by atoms with Crippen LogP contribution in [0.15, 0.2) is 16.7 Å². The van der Waals surface area contributed by atoms with Crippen molar-refractivity contribution in [2.45, 2.75) is 19.9 Å². The van der Waals surface area contributed by atoms with E-state index in [2.05, 4.69) is 25.9 Å². The Labute approximate surface area is 119 Å². The summed E-state index contributed by atoms with van der Waals surface area (Å²) in [4.78, 5) is 22.4. The SMILES string of the molecule is CCN(C)C(=O)C(C)n1c(N)nc2cc(Br)cnc21. The molecule has 0 saturated carbocycles. The zero-order valence-corrected chi connectivity index (χ0v) is 12.7. The lowest BCUT2D eigenvalue weighted by Crippen LogP contribution is -2.33. The zero-order chi connectivity index (χ0) is 14.2. The summed E-state index contributed by atoms with van der Waals surface area (Å²) >= 11 is 3.34. The highest BCUT2D eigenvalue weighted by Crippen LogP contribution is 2.24. The number of likely N-dealkylation sites (N-methyl/N-ethyl adjacent to an activating group) is 1. The minimum absolute atomic E-state index is 0.0155. The molecule has 1 atom stereocenters. The first-order valence-electron chi connectivity index (χ1n) is 5.99. The lowest BCUT2D eigenvalue weighted by atomic mass is 10.3. The summed E-state index contributed by atoms with van der Waals surface area (Å²) in [6.45, 7) is 4.37. The number of halogens is 1. The average Bonchev–Trinajstić information content (AvgIpc) is 2.71. The minimum Gasteiger partial charge on any atom is -0.369 e. The van der Waals surface area contributed by atoms with Crippen molar-refractivity contribution in [2.24, 2.45) is 0 Å². The summed E-state index contributed by atoms with van der Waals surface area (Å²) < 4.78 is 2.49. The molecule has 0 saturated heterocycles. The number of anilines is 1. The highest BCUT2D eigenvalue weighted by Gasteiger charge is 2.23. The molecule has 102 valence electrons. The molecular formula is C12H16BrN5O. The third-order valence-corrected chi connectivity index (χ3v) is 3.55. The van der Waals surface area contributed by atoms with E-state index < -0.39 is 6.04 Å². The molecule has 0 aliphatic carbocycles. The molecule has 0 aliphatic heterocycles. The van der Waals surface area contributed by atoms with Crippen molar-refractivity contribution in [2.75, 3.05) is 19.3 Å². The zero-order valence-electron chi connectivity index (χ0n) is 11.1. The second-order valence-corrected chi connectivity index (χ2v) is 5.28. The second kappa shape index (κ2) is 5.16. The number of aromatic nitrogens is 3. The molecule has 6 nitrogen and oxygen atoms in total. The number of fused-ring (bicyclic) bond motifs is 1. The predicted octanol–water partition coefficient (Wildman–Crippen LogP) is 1.82. The molecule has 0 aliphatic rings. The predicted molar refractivity (Wildman–Crippen MR) is 77.7 cm³/mol. The summed E-state index contributed by atoms with van der Waals surface area (Å²) in [5, 5.41) is 0. The third-order valence-electron chi connectivity index (χ3n) is 3.12. The smallest absolute Gasteiger partial charge is 0.245 e. The number of carbonyl (C=O) groups excluding carboxylic acids is 1. The molecule has 0 bridgehead atoms. The Morgan fingerprint density at radius 1 is 1.63 bits per heavy atom. The number of hydrogen-bond donors (Lipinski definition) is 1. The lowest BCUT2D eigenvalue weighted by Gasteiger charge is -2.21. The largest absolute Gasteiger partial charge is 0.369 e. The van der Waals surface area contributed by atoms with Crippen LogP contribution in [0.1, 0.15) is 19.9 Å². The summed E-state index contributed by atoms with van der Waals surface area (Å²) in [5.74, 6) is 0.282. The fourth-order valence-electron chi connectivity index (χ4n) is 1.94. The van der Waals surface area contributed by atoms with Crippen molar-refractivity contribution in [1.29, 1.82) is 0 Å². The molecule has 2 aromatic heterocycles. The first-order valence-corrected chi connectivity index (χ1v) is 6.79. The Balaban J connectivity index is 2.50. The van der Waals surface area contributed by atoms with E-state index in [9.17, 15) is 4.79 Å². The van der Waals surface area contributed by atoms with Gasteiger partial charge in [0, 0.05) is 24.3 Å².